The molecule has 1 aromatic rings. The van der Waals surface area contributed by atoms with Crippen LogP contribution in [0.15, 0.2) is 18.2 Å². The van der Waals surface area contributed by atoms with Crippen molar-refractivity contribution in [2.24, 2.45) is 11.1 Å². The van der Waals surface area contributed by atoms with Crippen LogP contribution in [-0.2, 0) is 0 Å². The molecule has 110 valence electrons. The predicted octanol–water partition coefficient (Wildman–Crippen LogP) is 2.28. The number of rotatable bonds is 5. The molecule has 0 spiro atoms. The Morgan fingerprint density at radius 3 is 2.65 bits per heavy atom. The van der Waals surface area contributed by atoms with Gasteiger partial charge in [-0.05, 0) is 31.0 Å². The molecular weight excluding hydrogens is 259 g/mol. The quantitative estimate of drug-likeness (QED) is 0.774. The van der Waals surface area contributed by atoms with E-state index in [9.17, 15) is 14.3 Å². The maximum Gasteiger partial charge on any atom is 0.251 e. The third-order valence-electron chi connectivity index (χ3n) is 4.15. The second-order valence-corrected chi connectivity index (χ2v) is 5.63. The maximum absolute atomic E-state index is 13.4. The number of carbonyl (C=O) groups excluding carboxylic acids is 1. The van der Waals surface area contributed by atoms with Crippen LogP contribution in [0.3, 0.4) is 0 Å². The minimum atomic E-state index is -0.777. The van der Waals surface area contributed by atoms with Gasteiger partial charge in [-0.3, -0.25) is 4.79 Å². The van der Waals surface area contributed by atoms with Gasteiger partial charge in [0.25, 0.3) is 5.91 Å². The predicted molar refractivity (Wildman–Crippen MR) is 76.0 cm³/mol. The SMILES string of the molecule is NC(=O)c1cc(NCC2(CO)CCCCC2)ccc1F. The van der Waals surface area contributed by atoms with E-state index in [2.05, 4.69) is 5.32 Å². The third kappa shape index (κ3) is 3.28. The first-order valence-corrected chi connectivity index (χ1v) is 7.00. The van der Waals surface area contributed by atoms with Crippen LogP contribution < -0.4 is 11.1 Å². The summed E-state index contributed by atoms with van der Waals surface area (Å²) in [4.78, 5) is 11.1. The first kappa shape index (κ1) is 14.8. The molecule has 0 bridgehead atoms. The molecule has 0 aromatic heterocycles. The second kappa shape index (κ2) is 6.22. The Balaban J connectivity index is 2.06. The summed E-state index contributed by atoms with van der Waals surface area (Å²) in [6.45, 7) is 0.761. The molecule has 1 aromatic carbocycles. The highest BCUT2D eigenvalue weighted by molar-refractivity contribution is 5.94. The van der Waals surface area contributed by atoms with Crippen molar-refractivity contribution in [3.8, 4) is 0 Å². The van der Waals surface area contributed by atoms with Gasteiger partial charge < -0.3 is 16.2 Å². The standard InChI is InChI=1S/C15H21FN2O2/c16-13-5-4-11(8-12(13)14(17)20)18-9-15(10-19)6-2-1-3-7-15/h4-5,8,18-19H,1-3,6-7,9-10H2,(H2,17,20). The molecule has 0 unspecified atom stereocenters. The van der Waals surface area contributed by atoms with Gasteiger partial charge in [-0.1, -0.05) is 19.3 Å². The smallest absolute Gasteiger partial charge is 0.251 e. The molecule has 20 heavy (non-hydrogen) atoms. The molecule has 4 N–H and O–H groups in total. The molecule has 0 saturated heterocycles. The first-order valence-electron chi connectivity index (χ1n) is 7.00. The molecule has 0 atom stereocenters. The van der Waals surface area contributed by atoms with E-state index in [-0.39, 0.29) is 17.6 Å². The summed E-state index contributed by atoms with van der Waals surface area (Å²) in [7, 11) is 0. The lowest BCUT2D eigenvalue weighted by Crippen LogP contribution is -2.35. The summed E-state index contributed by atoms with van der Waals surface area (Å²) < 4.78 is 13.4. The lowest BCUT2D eigenvalue weighted by Gasteiger charge is -2.36. The number of halogens is 1. The summed E-state index contributed by atoms with van der Waals surface area (Å²) in [5.41, 5.74) is 5.55. The van der Waals surface area contributed by atoms with Gasteiger partial charge in [0, 0.05) is 17.6 Å². The zero-order chi connectivity index (χ0) is 14.6. The fourth-order valence-corrected chi connectivity index (χ4v) is 2.81. The Morgan fingerprint density at radius 2 is 2.05 bits per heavy atom. The first-order chi connectivity index (χ1) is 9.56. The van der Waals surface area contributed by atoms with Crippen molar-refractivity contribution in [3.63, 3.8) is 0 Å². The van der Waals surface area contributed by atoms with Crippen LogP contribution in [-0.4, -0.2) is 24.2 Å². The Hall–Kier alpha value is -1.62. The van der Waals surface area contributed by atoms with E-state index in [1.165, 1.54) is 18.6 Å². The molecule has 1 saturated carbocycles. The van der Waals surface area contributed by atoms with Crippen LogP contribution in [0, 0.1) is 11.2 Å². The zero-order valence-corrected chi connectivity index (χ0v) is 11.5. The summed E-state index contributed by atoms with van der Waals surface area (Å²) >= 11 is 0. The highest BCUT2D eigenvalue weighted by Gasteiger charge is 2.31. The molecule has 5 heteroatoms. The number of aliphatic hydroxyl groups is 1. The Labute approximate surface area is 118 Å². The number of anilines is 1. The minimum absolute atomic E-state index is 0.112. The topological polar surface area (TPSA) is 75.4 Å². The number of carbonyl (C=O) groups is 1. The summed E-state index contributed by atoms with van der Waals surface area (Å²) in [6.07, 6.45) is 5.43. The Morgan fingerprint density at radius 1 is 1.35 bits per heavy atom. The van der Waals surface area contributed by atoms with Crippen molar-refractivity contribution in [2.75, 3.05) is 18.5 Å². The number of benzene rings is 1. The lowest BCUT2D eigenvalue weighted by molar-refractivity contribution is 0.0943. The van der Waals surface area contributed by atoms with Crippen LogP contribution in [0.2, 0.25) is 0 Å². The van der Waals surface area contributed by atoms with Crippen molar-refractivity contribution in [1.82, 2.24) is 0 Å². The molecule has 0 radical (unpaired) electrons. The van der Waals surface area contributed by atoms with Gasteiger partial charge in [0.2, 0.25) is 0 Å². The van der Waals surface area contributed by atoms with Crippen LogP contribution in [0.4, 0.5) is 10.1 Å². The van der Waals surface area contributed by atoms with Gasteiger partial charge in [-0.25, -0.2) is 4.39 Å². The number of nitrogens with one attached hydrogen (secondary N) is 1. The third-order valence-corrected chi connectivity index (χ3v) is 4.15. The molecule has 4 nitrogen and oxygen atoms in total. The fraction of sp³-hybridized carbons (Fsp3) is 0.533. The number of primary amides is 1. The fourth-order valence-electron chi connectivity index (χ4n) is 2.81. The van der Waals surface area contributed by atoms with E-state index < -0.39 is 11.7 Å². The molecule has 0 aliphatic heterocycles. The maximum atomic E-state index is 13.4. The van der Waals surface area contributed by atoms with E-state index in [1.807, 2.05) is 0 Å². The summed E-state index contributed by atoms with van der Waals surface area (Å²) in [5.74, 6) is -1.39. The van der Waals surface area contributed by atoms with Crippen molar-refractivity contribution < 1.29 is 14.3 Å². The number of amides is 1. The largest absolute Gasteiger partial charge is 0.396 e. The van der Waals surface area contributed by atoms with Crippen LogP contribution >= 0.6 is 0 Å². The van der Waals surface area contributed by atoms with Crippen molar-refractivity contribution >= 4 is 11.6 Å². The average Bonchev–Trinajstić information content (AvgIpc) is 2.47. The summed E-state index contributed by atoms with van der Waals surface area (Å²) in [6, 6.07) is 4.23. The van der Waals surface area contributed by atoms with Crippen LogP contribution in [0.5, 0.6) is 0 Å². The van der Waals surface area contributed by atoms with Gasteiger partial charge in [0.1, 0.15) is 5.82 Å². The van der Waals surface area contributed by atoms with Gasteiger partial charge in [0.05, 0.1) is 12.2 Å². The number of hydrogen-bond donors (Lipinski definition) is 3. The Bertz CT molecular complexity index is 485. The minimum Gasteiger partial charge on any atom is -0.396 e. The molecule has 0 heterocycles. The van der Waals surface area contributed by atoms with Gasteiger partial charge >= 0.3 is 0 Å². The summed E-state index contributed by atoms with van der Waals surface area (Å²) in [5, 5.41) is 12.8. The molecule has 1 amide bonds. The molecule has 2 rings (SSSR count). The van der Waals surface area contributed by atoms with E-state index in [4.69, 9.17) is 5.73 Å². The number of nitrogens with two attached hydrogens (primary N) is 1. The van der Waals surface area contributed by atoms with Gasteiger partial charge in [-0.2, -0.15) is 0 Å². The molecule has 1 aliphatic carbocycles. The van der Waals surface area contributed by atoms with E-state index in [0.717, 1.165) is 25.7 Å². The molecular formula is C15H21FN2O2. The van der Waals surface area contributed by atoms with Crippen LogP contribution in [0.1, 0.15) is 42.5 Å². The lowest BCUT2D eigenvalue weighted by atomic mass is 9.74. The van der Waals surface area contributed by atoms with Crippen molar-refractivity contribution in [2.45, 2.75) is 32.1 Å². The number of hydrogen-bond acceptors (Lipinski definition) is 3. The van der Waals surface area contributed by atoms with Crippen LogP contribution in [0.25, 0.3) is 0 Å². The molecule has 1 aliphatic rings. The number of aliphatic hydroxyl groups excluding tert-OH is 1. The molecule has 1 fully saturated rings. The zero-order valence-electron chi connectivity index (χ0n) is 11.5. The van der Waals surface area contributed by atoms with E-state index in [1.54, 1.807) is 6.07 Å². The van der Waals surface area contributed by atoms with E-state index >= 15 is 0 Å². The average molecular weight is 280 g/mol. The Kier molecular flexibility index (Phi) is 4.60. The van der Waals surface area contributed by atoms with Crippen molar-refractivity contribution in [1.29, 1.82) is 0 Å². The van der Waals surface area contributed by atoms with E-state index in [0.29, 0.717) is 12.2 Å². The highest BCUT2D eigenvalue weighted by atomic mass is 19.1. The van der Waals surface area contributed by atoms with Gasteiger partial charge in [0.15, 0.2) is 0 Å². The van der Waals surface area contributed by atoms with Crippen molar-refractivity contribution in [3.05, 3.63) is 29.6 Å². The normalized spacial score (nSPS) is 17.7. The highest BCUT2D eigenvalue weighted by Crippen LogP contribution is 2.36. The second-order valence-electron chi connectivity index (χ2n) is 5.63. The van der Waals surface area contributed by atoms with Gasteiger partial charge in [-0.15, -0.1) is 0 Å². The monoisotopic (exact) mass is 280 g/mol.